The number of nitrogens with zero attached hydrogens (tertiary/aromatic N) is 6. The summed E-state index contributed by atoms with van der Waals surface area (Å²) in [7, 11) is -23.8. The van der Waals surface area contributed by atoms with E-state index in [2.05, 4.69) is 54.2 Å². The van der Waals surface area contributed by atoms with Gasteiger partial charge >= 0.3 is 0 Å². The van der Waals surface area contributed by atoms with E-state index in [9.17, 15) is 60.9 Å². The minimum Gasteiger partial charge on any atom is -0.505 e. The van der Waals surface area contributed by atoms with Crippen LogP contribution in [0.4, 0.5) is 56.9 Å². The number of hydrogen-bond acceptors (Lipinski definition) is 29. The van der Waals surface area contributed by atoms with Crippen LogP contribution in [0.5, 0.6) is 5.75 Å². The summed E-state index contributed by atoms with van der Waals surface area (Å²) in [5, 5.41) is 57.9. The average molecular weight is 1170 g/mol. The molecule has 0 aromatic heterocycles. The first-order valence-electron chi connectivity index (χ1n) is 19.1. The predicted molar refractivity (Wildman–Crippen MR) is 258 cm³/mol. The lowest BCUT2D eigenvalue weighted by Crippen LogP contribution is -2.12. The molecular formula is C36H32N10O21S7. The Morgan fingerprint density at radius 3 is 1.74 bits per heavy atom. The van der Waals surface area contributed by atoms with Crippen LogP contribution in [0, 0.1) is 0 Å². The number of phenolic OH excluding ortho intramolecular Hbond substituents is 1. The van der Waals surface area contributed by atoms with Gasteiger partial charge in [0.05, 0.1) is 72.9 Å². The summed E-state index contributed by atoms with van der Waals surface area (Å²) in [5.74, 6) is -1.81. The van der Waals surface area contributed by atoms with Crippen molar-refractivity contribution in [3.8, 4) is 5.75 Å². The Bertz CT molecular complexity index is 3820. The van der Waals surface area contributed by atoms with Gasteiger partial charge in [0.1, 0.15) is 37.4 Å². The van der Waals surface area contributed by atoms with Crippen molar-refractivity contribution in [2.75, 3.05) is 34.3 Å². The lowest BCUT2D eigenvalue weighted by molar-refractivity contribution is -0.434. The van der Waals surface area contributed by atoms with E-state index in [0.717, 1.165) is 36.4 Å². The Morgan fingerprint density at radius 2 is 1.14 bits per heavy atom. The van der Waals surface area contributed by atoms with E-state index < -0.39 is 116 Å². The second kappa shape index (κ2) is 22.9. The smallest absolute Gasteiger partial charge is 0.296 e. The topological polar surface area (TPSA) is 502 Å². The second-order valence-electron chi connectivity index (χ2n) is 14.1. The average Bonchev–Trinajstić information content (AvgIpc) is 3.31. The summed E-state index contributed by atoms with van der Waals surface area (Å²) in [4.78, 5) is -3.94. The lowest BCUT2D eigenvalue weighted by Gasteiger charge is -2.14. The van der Waals surface area contributed by atoms with Gasteiger partial charge in [-0.05, 0) is 96.4 Å². The van der Waals surface area contributed by atoms with E-state index in [0.29, 0.717) is 6.07 Å². The third kappa shape index (κ3) is 13.8. The quantitative estimate of drug-likeness (QED) is 0.00606. The van der Waals surface area contributed by atoms with Crippen molar-refractivity contribution in [3.05, 3.63) is 91.0 Å². The Morgan fingerprint density at radius 1 is 0.568 bits per heavy atom. The molecule has 31 nitrogen and oxygen atoms in total. The number of fused-ring (bicyclic) bond motifs is 1. The van der Waals surface area contributed by atoms with Crippen molar-refractivity contribution >= 4 is 142 Å². The number of sulfone groups is 1. The molecule has 394 valence electrons. The molecule has 0 atom stereocenters. The first-order valence-corrected chi connectivity index (χ1v) is 28.0. The van der Waals surface area contributed by atoms with E-state index in [1.54, 1.807) is 0 Å². The summed E-state index contributed by atoms with van der Waals surface area (Å²) in [6, 6.07) is 15.8. The van der Waals surface area contributed by atoms with Crippen LogP contribution >= 0.6 is 24.4 Å². The van der Waals surface area contributed by atoms with Gasteiger partial charge in [-0.15, -0.1) is 29.1 Å². The molecular weight excluding hydrogens is 1130 g/mol. The number of azo groups is 3. The Labute approximate surface area is 425 Å². The number of nitrogen functional groups attached to an aromatic ring is 3. The van der Waals surface area contributed by atoms with Crippen LogP contribution in [0.3, 0.4) is 0 Å². The highest BCUT2D eigenvalue weighted by Gasteiger charge is 2.27. The Hall–Kier alpha value is -6.57. The first kappa shape index (κ1) is 56.7. The molecule has 0 unspecified atom stereocenters. The van der Waals surface area contributed by atoms with Crippen LogP contribution in [0.15, 0.2) is 151 Å². The summed E-state index contributed by atoms with van der Waals surface area (Å²) >= 11 is 0.244. The van der Waals surface area contributed by atoms with Crippen molar-refractivity contribution in [1.29, 1.82) is 0 Å². The first-order chi connectivity index (χ1) is 34.6. The van der Waals surface area contributed by atoms with Crippen LogP contribution in [0.2, 0.25) is 0 Å². The summed E-state index contributed by atoms with van der Waals surface area (Å²) in [5.41, 5.74) is 14.6. The Kier molecular flexibility index (Phi) is 17.6. The van der Waals surface area contributed by atoms with Crippen molar-refractivity contribution in [2.45, 2.75) is 29.4 Å². The molecule has 6 aromatic carbocycles. The van der Waals surface area contributed by atoms with Gasteiger partial charge in [-0.2, -0.15) is 35.5 Å². The van der Waals surface area contributed by atoms with Gasteiger partial charge < -0.3 is 22.3 Å². The van der Waals surface area contributed by atoms with Crippen molar-refractivity contribution in [2.24, 2.45) is 30.7 Å². The van der Waals surface area contributed by atoms with E-state index in [4.69, 9.17) is 31.9 Å². The number of nitrogens with one attached hydrogen (secondary N) is 1. The monoisotopic (exact) mass is 1160 g/mol. The molecule has 0 amide bonds. The summed E-state index contributed by atoms with van der Waals surface area (Å²) < 4.78 is 171. The number of aromatic hydroxyl groups is 1. The largest absolute Gasteiger partial charge is 0.505 e. The summed E-state index contributed by atoms with van der Waals surface area (Å²) in [6.07, 6.45) is 0. The molecule has 0 radical (unpaired) electrons. The SMILES string of the molecule is Nc1cc(N)c(S(=O)(=O)O)cc1/N=N/c1ccc(S(=O)(=O)Nc2ccc(/N=N/c3c(S(=O)(=O)O)cc4cc(SOOO)c(/N=N/c5ccc(S(=O)(=O)CCOSOOO)cc5S(=O)(=O)O)c(N)c4c3O)cc2)cc1. The fourth-order valence-electron chi connectivity index (χ4n) is 6.07. The molecule has 0 aliphatic carbocycles. The molecule has 0 saturated heterocycles. The maximum absolute atomic E-state index is 13.2. The van der Waals surface area contributed by atoms with Crippen LogP contribution < -0.4 is 21.9 Å². The van der Waals surface area contributed by atoms with Crippen LogP contribution in [0.1, 0.15) is 0 Å². The molecule has 13 N–H and O–H groups in total. The molecule has 6 aromatic rings. The zero-order chi connectivity index (χ0) is 54.4. The minimum absolute atomic E-state index is 0.0143. The zero-order valence-electron chi connectivity index (χ0n) is 36.2. The summed E-state index contributed by atoms with van der Waals surface area (Å²) in [6.45, 7) is -0.555. The normalized spacial score (nSPS) is 12.9. The van der Waals surface area contributed by atoms with Gasteiger partial charge in [0, 0.05) is 5.69 Å². The molecule has 0 fully saturated rings. The molecule has 0 aliphatic rings. The van der Waals surface area contributed by atoms with Gasteiger partial charge in [0.25, 0.3) is 40.4 Å². The lowest BCUT2D eigenvalue weighted by atomic mass is 10.1. The predicted octanol–water partition coefficient (Wildman–Crippen LogP) is 7.28. The van der Waals surface area contributed by atoms with Gasteiger partial charge in [0.15, 0.2) is 27.9 Å². The van der Waals surface area contributed by atoms with Gasteiger partial charge in [-0.1, -0.05) is 10.1 Å². The molecule has 6 rings (SSSR count). The number of hydrogen-bond donors (Lipinski definition) is 10. The van der Waals surface area contributed by atoms with E-state index in [1.807, 2.05) is 0 Å². The van der Waals surface area contributed by atoms with Gasteiger partial charge in [-0.25, -0.2) is 27.4 Å². The molecule has 0 aliphatic heterocycles. The maximum Gasteiger partial charge on any atom is 0.296 e. The third-order valence-corrected chi connectivity index (χ3v) is 16.1. The number of phenols is 1. The van der Waals surface area contributed by atoms with Gasteiger partial charge in [0.2, 0.25) is 0 Å². The molecule has 0 bridgehead atoms. The standard InChI is InChI=1S/C36H32N10O21S7/c37-24-16-25(38)29(72(54,55)56)17-27(24)43-40-20-5-7-22(8-6-20)71(52,53)46-21-3-1-19(2-4-21)41-45-35-31(74(60,61)62)14-18-13-28(68-66-64-48)34(33(39)32(18)36(35)47)44-42-26-10-9-23(15-30(26)73(57,58)59)70(50,51)12-11-63-69-67-65-49/h1-10,13-17,46-49H,11-12,37-39H2,(H,54,55,56)(H,57,58,59)(H,60,61,62)/b43-40+,44-42+,45-41+. The van der Waals surface area contributed by atoms with Crippen LogP contribution in [-0.2, 0) is 73.1 Å². The highest BCUT2D eigenvalue weighted by Crippen LogP contribution is 2.50. The van der Waals surface area contributed by atoms with E-state index in [-0.39, 0.29) is 73.7 Å². The van der Waals surface area contributed by atoms with Crippen molar-refractivity contribution in [3.63, 3.8) is 0 Å². The zero-order valence-corrected chi connectivity index (χ0v) is 41.9. The van der Waals surface area contributed by atoms with E-state index in [1.165, 1.54) is 48.5 Å². The number of anilines is 4. The fourth-order valence-corrected chi connectivity index (χ4v) is 11.1. The fraction of sp³-hybridized carbons (Fsp3) is 0.0556. The maximum atomic E-state index is 13.2. The third-order valence-electron chi connectivity index (χ3n) is 9.36. The van der Waals surface area contributed by atoms with Crippen molar-refractivity contribution in [1.82, 2.24) is 0 Å². The molecule has 0 saturated carbocycles. The Balaban J connectivity index is 1.28. The van der Waals surface area contributed by atoms with Crippen LogP contribution in [0.25, 0.3) is 10.8 Å². The van der Waals surface area contributed by atoms with Crippen molar-refractivity contribution < 1.29 is 94.3 Å². The number of rotatable bonds is 22. The highest BCUT2D eigenvalue weighted by molar-refractivity contribution is 7.94. The number of benzene rings is 6. The minimum atomic E-state index is -5.25. The number of nitrogens with two attached hydrogens (primary N) is 3. The molecule has 0 heterocycles. The molecule has 0 spiro atoms. The van der Waals surface area contributed by atoms with Crippen LogP contribution in [-0.4, -0.2) is 83.7 Å². The van der Waals surface area contributed by atoms with Gasteiger partial charge in [-0.3, -0.25) is 22.6 Å². The highest BCUT2D eigenvalue weighted by atomic mass is 32.2. The molecule has 38 heteroatoms. The molecule has 74 heavy (non-hydrogen) atoms. The second-order valence-corrected chi connectivity index (χ2v) is 23.3. The van der Waals surface area contributed by atoms with E-state index >= 15 is 0 Å². The number of sulfonamides is 1.